The van der Waals surface area contributed by atoms with Crippen molar-refractivity contribution in [1.29, 1.82) is 0 Å². The lowest BCUT2D eigenvalue weighted by Crippen LogP contribution is -2.62. The van der Waals surface area contributed by atoms with Crippen LogP contribution in [0.5, 0.6) is 0 Å². The Bertz CT molecular complexity index is 603. The number of nitrogens with zero attached hydrogens (tertiary/aromatic N) is 1. The molecule has 0 radical (unpaired) electrons. The van der Waals surface area contributed by atoms with Crippen molar-refractivity contribution in [3.63, 3.8) is 0 Å². The van der Waals surface area contributed by atoms with Crippen molar-refractivity contribution in [1.82, 2.24) is 10.2 Å². The fourth-order valence-electron chi connectivity index (χ4n) is 2.78. The summed E-state index contributed by atoms with van der Waals surface area (Å²) in [6.45, 7) is 2.02. The largest absolute Gasteiger partial charge is 0.343 e. The SMILES string of the molecule is CC1NC(=O)C(C2CC2)N(Cc2ccc(F)c(Br)c2)C1=O. The fourth-order valence-corrected chi connectivity index (χ4v) is 3.21. The van der Waals surface area contributed by atoms with Crippen molar-refractivity contribution in [2.75, 3.05) is 0 Å². The highest BCUT2D eigenvalue weighted by atomic mass is 79.9. The summed E-state index contributed by atoms with van der Waals surface area (Å²) < 4.78 is 13.7. The van der Waals surface area contributed by atoms with E-state index in [1.54, 1.807) is 24.0 Å². The predicted molar refractivity (Wildman–Crippen MR) is 78.8 cm³/mol. The van der Waals surface area contributed by atoms with E-state index in [0.717, 1.165) is 18.4 Å². The summed E-state index contributed by atoms with van der Waals surface area (Å²) in [5.41, 5.74) is 0.809. The zero-order valence-corrected chi connectivity index (χ0v) is 13.2. The molecule has 0 bridgehead atoms. The van der Waals surface area contributed by atoms with E-state index in [1.165, 1.54) is 6.07 Å². The average Bonchev–Trinajstić information content (AvgIpc) is 3.24. The maximum atomic E-state index is 13.3. The topological polar surface area (TPSA) is 49.4 Å². The number of amides is 2. The van der Waals surface area contributed by atoms with Crippen LogP contribution < -0.4 is 5.32 Å². The van der Waals surface area contributed by atoms with Gasteiger partial charge in [0.15, 0.2) is 0 Å². The zero-order valence-electron chi connectivity index (χ0n) is 11.6. The van der Waals surface area contributed by atoms with Crippen LogP contribution in [-0.4, -0.2) is 28.8 Å². The lowest BCUT2D eigenvalue weighted by molar-refractivity contribution is -0.150. The number of hydrogen-bond donors (Lipinski definition) is 1. The molecular formula is C15H16BrFN2O2. The summed E-state index contributed by atoms with van der Waals surface area (Å²) in [5.74, 6) is -0.239. The third-order valence-electron chi connectivity index (χ3n) is 4.02. The van der Waals surface area contributed by atoms with E-state index in [-0.39, 0.29) is 23.5 Å². The number of rotatable bonds is 3. The molecule has 1 aliphatic carbocycles. The molecular weight excluding hydrogens is 339 g/mol. The Morgan fingerprint density at radius 1 is 1.38 bits per heavy atom. The van der Waals surface area contributed by atoms with E-state index in [4.69, 9.17) is 0 Å². The van der Waals surface area contributed by atoms with Gasteiger partial charge in [-0.2, -0.15) is 0 Å². The van der Waals surface area contributed by atoms with Gasteiger partial charge in [0.25, 0.3) is 0 Å². The minimum atomic E-state index is -0.503. The maximum absolute atomic E-state index is 13.3. The summed E-state index contributed by atoms with van der Waals surface area (Å²) >= 11 is 3.15. The first-order chi connectivity index (χ1) is 9.97. The van der Waals surface area contributed by atoms with Crippen LogP contribution in [0, 0.1) is 11.7 Å². The van der Waals surface area contributed by atoms with Crippen LogP contribution in [0.15, 0.2) is 22.7 Å². The molecule has 3 rings (SSSR count). The van der Waals surface area contributed by atoms with Crippen LogP contribution in [0.3, 0.4) is 0 Å². The van der Waals surface area contributed by atoms with E-state index < -0.39 is 12.1 Å². The second-order valence-electron chi connectivity index (χ2n) is 5.73. The Morgan fingerprint density at radius 2 is 2.10 bits per heavy atom. The highest BCUT2D eigenvalue weighted by molar-refractivity contribution is 9.10. The van der Waals surface area contributed by atoms with Crippen molar-refractivity contribution in [2.45, 2.75) is 38.4 Å². The van der Waals surface area contributed by atoms with Crippen molar-refractivity contribution >= 4 is 27.7 Å². The van der Waals surface area contributed by atoms with Gasteiger partial charge in [0.1, 0.15) is 17.9 Å². The molecule has 6 heteroatoms. The first kappa shape index (κ1) is 14.5. The van der Waals surface area contributed by atoms with Gasteiger partial charge in [0.05, 0.1) is 4.47 Å². The first-order valence-electron chi connectivity index (χ1n) is 7.02. The molecule has 2 aliphatic rings. The predicted octanol–water partition coefficient (Wildman–Crippen LogP) is 2.21. The molecule has 21 heavy (non-hydrogen) atoms. The lowest BCUT2D eigenvalue weighted by atomic mass is 10.0. The second kappa shape index (κ2) is 5.40. The quantitative estimate of drug-likeness (QED) is 0.904. The molecule has 2 fully saturated rings. The molecule has 2 unspecified atom stereocenters. The Hall–Kier alpha value is -1.43. The standard InChI is InChI=1S/C15H16BrFN2O2/c1-8-15(21)19(13(10-3-4-10)14(20)18-8)7-9-2-5-12(17)11(16)6-9/h2,5-6,8,10,13H,3-4,7H2,1H3,(H,18,20). The van der Waals surface area contributed by atoms with E-state index in [9.17, 15) is 14.0 Å². The van der Waals surface area contributed by atoms with Gasteiger partial charge in [0.2, 0.25) is 11.8 Å². The van der Waals surface area contributed by atoms with Gasteiger partial charge in [-0.05, 0) is 59.3 Å². The molecule has 4 nitrogen and oxygen atoms in total. The fraction of sp³-hybridized carbons (Fsp3) is 0.467. The average molecular weight is 355 g/mol. The van der Waals surface area contributed by atoms with E-state index in [1.807, 2.05) is 0 Å². The van der Waals surface area contributed by atoms with Crippen LogP contribution in [-0.2, 0) is 16.1 Å². The number of hydrogen-bond acceptors (Lipinski definition) is 2. The van der Waals surface area contributed by atoms with Crippen molar-refractivity contribution in [3.05, 3.63) is 34.1 Å². The number of carbonyl (C=O) groups is 2. The third-order valence-corrected chi connectivity index (χ3v) is 4.63. The third kappa shape index (κ3) is 2.81. The summed E-state index contributed by atoms with van der Waals surface area (Å²) in [5, 5.41) is 2.74. The Morgan fingerprint density at radius 3 is 2.71 bits per heavy atom. The molecule has 0 aromatic heterocycles. The summed E-state index contributed by atoms with van der Waals surface area (Å²) in [6, 6.07) is 3.77. The van der Waals surface area contributed by atoms with Gasteiger partial charge in [-0.15, -0.1) is 0 Å². The minimum Gasteiger partial charge on any atom is -0.343 e. The molecule has 2 atom stereocenters. The molecule has 1 aliphatic heterocycles. The lowest BCUT2D eigenvalue weighted by Gasteiger charge is -2.38. The van der Waals surface area contributed by atoms with Gasteiger partial charge in [0, 0.05) is 6.54 Å². The van der Waals surface area contributed by atoms with Crippen LogP contribution in [0.4, 0.5) is 4.39 Å². The zero-order chi connectivity index (χ0) is 15.1. The van der Waals surface area contributed by atoms with Crippen LogP contribution >= 0.6 is 15.9 Å². The highest BCUT2D eigenvalue weighted by Crippen LogP contribution is 2.37. The molecule has 1 heterocycles. The maximum Gasteiger partial charge on any atom is 0.245 e. The Balaban J connectivity index is 1.86. The van der Waals surface area contributed by atoms with Gasteiger partial charge >= 0.3 is 0 Å². The number of piperazine rings is 1. The molecule has 112 valence electrons. The van der Waals surface area contributed by atoms with Crippen LogP contribution in [0.1, 0.15) is 25.3 Å². The summed E-state index contributed by atoms with van der Waals surface area (Å²) in [7, 11) is 0. The van der Waals surface area contributed by atoms with Crippen molar-refractivity contribution in [2.24, 2.45) is 5.92 Å². The number of carbonyl (C=O) groups excluding carboxylic acids is 2. The monoisotopic (exact) mass is 354 g/mol. The highest BCUT2D eigenvalue weighted by Gasteiger charge is 2.46. The van der Waals surface area contributed by atoms with E-state index >= 15 is 0 Å². The number of benzene rings is 1. The molecule has 2 amide bonds. The normalized spacial score (nSPS) is 26.0. The summed E-state index contributed by atoms with van der Waals surface area (Å²) in [4.78, 5) is 26.2. The Labute approximate surface area is 130 Å². The molecule has 1 aromatic carbocycles. The van der Waals surface area contributed by atoms with Gasteiger partial charge in [-0.3, -0.25) is 9.59 Å². The molecule has 1 saturated heterocycles. The van der Waals surface area contributed by atoms with Gasteiger partial charge < -0.3 is 10.2 Å². The van der Waals surface area contributed by atoms with Gasteiger partial charge in [-0.25, -0.2) is 4.39 Å². The minimum absolute atomic E-state index is 0.0769. The molecule has 1 N–H and O–H groups in total. The van der Waals surface area contributed by atoms with Crippen molar-refractivity contribution in [3.8, 4) is 0 Å². The molecule has 1 aromatic rings. The van der Waals surface area contributed by atoms with E-state index in [0.29, 0.717) is 11.0 Å². The Kier molecular flexibility index (Phi) is 3.73. The molecule has 1 saturated carbocycles. The molecule has 0 spiro atoms. The van der Waals surface area contributed by atoms with Crippen molar-refractivity contribution < 1.29 is 14.0 Å². The summed E-state index contributed by atoms with van der Waals surface area (Å²) in [6.07, 6.45) is 1.95. The van der Waals surface area contributed by atoms with E-state index in [2.05, 4.69) is 21.2 Å². The van der Waals surface area contributed by atoms with Crippen LogP contribution in [0.2, 0.25) is 0 Å². The smallest absolute Gasteiger partial charge is 0.245 e. The second-order valence-corrected chi connectivity index (χ2v) is 6.58. The number of halogens is 2. The number of nitrogens with one attached hydrogen (secondary N) is 1. The first-order valence-corrected chi connectivity index (χ1v) is 7.81. The van der Waals surface area contributed by atoms with Gasteiger partial charge in [-0.1, -0.05) is 6.07 Å². The van der Waals surface area contributed by atoms with Crippen LogP contribution in [0.25, 0.3) is 0 Å².